The SMILES string of the molecule is O=C(NC1(c2nnnn2C2CCCCC2)CCCCC1)Oc1ccccc1. The number of amides is 1. The number of aromatic nitrogens is 4. The number of tetrazole rings is 1. The molecule has 0 bridgehead atoms. The van der Waals surface area contributed by atoms with Crippen LogP contribution in [0, 0.1) is 0 Å². The van der Waals surface area contributed by atoms with Gasteiger partial charge in [-0.3, -0.25) is 0 Å². The van der Waals surface area contributed by atoms with E-state index in [0.717, 1.165) is 44.3 Å². The second-order valence-corrected chi connectivity index (χ2v) is 7.71. The fourth-order valence-corrected chi connectivity index (χ4v) is 4.46. The molecule has 0 aliphatic heterocycles. The largest absolute Gasteiger partial charge is 0.413 e. The van der Waals surface area contributed by atoms with Gasteiger partial charge in [-0.15, -0.1) is 5.10 Å². The summed E-state index contributed by atoms with van der Waals surface area (Å²) in [6, 6.07) is 9.48. The Bertz CT molecular complexity index is 749. The number of para-hydroxylation sites is 1. The molecule has 0 atom stereocenters. The summed E-state index contributed by atoms with van der Waals surface area (Å²) in [6.07, 6.45) is 10.4. The molecule has 7 heteroatoms. The number of hydrogen-bond acceptors (Lipinski definition) is 5. The van der Waals surface area contributed by atoms with Crippen LogP contribution in [-0.4, -0.2) is 26.3 Å². The normalized spacial score (nSPS) is 20.1. The number of hydrogen-bond donors (Lipinski definition) is 1. The van der Waals surface area contributed by atoms with Gasteiger partial charge in [0.2, 0.25) is 0 Å². The highest BCUT2D eigenvalue weighted by atomic mass is 16.6. The quantitative estimate of drug-likeness (QED) is 0.876. The van der Waals surface area contributed by atoms with Crippen LogP contribution in [0.2, 0.25) is 0 Å². The molecule has 0 spiro atoms. The van der Waals surface area contributed by atoms with E-state index in [1.807, 2.05) is 22.9 Å². The van der Waals surface area contributed by atoms with Crippen LogP contribution < -0.4 is 10.1 Å². The van der Waals surface area contributed by atoms with Crippen molar-refractivity contribution >= 4 is 6.09 Å². The van der Waals surface area contributed by atoms with E-state index in [1.54, 1.807) is 12.1 Å². The highest BCUT2D eigenvalue weighted by Crippen LogP contribution is 2.38. The zero-order valence-electron chi connectivity index (χ0n) is 15.6. The summed E-state index contributed by atoms with van der Waals surface area (Å²) in [5.41, 5.74) is -0.551. The van der Waals surface area contributed by atoms with E-state index in [1.165, 1.54) is 25.7 Å². The zero-order chi connectivity index (χ0) is 18.5. The fourth-order valence-electron chi connectivity index (χ4n) is 4.46. The molecule has 0 unspecified atom stereocenters. The molecule has 4 rings (SSSR count). The molecular formula is C20H27N5O2. The summed E-state index contributed by atoms with van der Waals surface area (Å²) >= 11 is 0. The maximum atomic E-state index is 12.7. The third kappa shape index (κ3) is 3.96. The Hall–Kier alpha value is -2.44. The number of nitrogens with zero attached hydrogens (tertiary/aromatic N) is 4. The van der Waals surface area contributed by atoms with E-state index in [-0.39, 0.29) is 0 Å². The van der Waals surface area contributed by atoms with Crippen molar-refractivity contribution < 1.29 is 9.53 Å². The lowest BCUT2D eigenvalue weighted by Crippen LogP contribution is -2.50. The van der Waals surface area contributed by atoms with Gasteiger partial charge < -0.3 is 10.1 Å². The first-order chi connectivity index (χ1) is 13.3. The Morgan fingerprint density at radius 3 is 2.48 bits per heavy atom. The van der Waals surface area contributed by atoms with Gasteiger partial charge >= 0.3 is 6.09 Å². The molecule has 2 aromatic rings. The summed E-state index contributed by atoms with van der Waals surface area (Å²) < 4.78 is 7.48. The van der Waals surface area contributed by atoms with Crippen molar-refractivity contribution in [1.82, 2.24) is 25.5 Å². The van der Waals surface area contributed by atoms with Crippen LogP contribution in [0.3, 0.4) is 0 Å². The second-order valence-electron chi connectivity index (χ2n) is 7.71. The van der Waals surface area contributed by atoms with Crippen LogP contribution >= 0.6 is 0 Å². The minimum absolute atomic E-state index is 0.328. The molecule has 27 heavy (non-hydrogen) atoms. The third-order valence-corrected chi connectivity index (χ3v) is 5.84. The van der Waals surface area contributed by atoms with E-state index in [9.17, 15) is 4.79 Å². The lowest BCUT2D eigenvalue weighted by molar-refractivity contribution is 0.157. The Labute approximate surface area is 159 Å². The van der Waals surface area contributed by atoms with Gasteiger partial charge in [-0.05, 0) is 48.2 Å². The van der Waals surface area contributed by atoms with Gasteiger partial charge in [-0.25, -0.2) is 9.48 Å². The van der Waals surface area contributed by atoms with Gasteiger partial charge in [0.1, 0.15) is 11.3 Å². The summed E-state index contributed by atoms with van der Waals surface area (Å²) in [5.74, 6) is 1.33. The van der Waals surface area contributed by atoms with Gasteiger partial charge in [0, 0.05) is 0 Å². The van der Waals surface area contributed by atoms with Crippen molar-refractivity contribution in [1.29, 1.82) is 0 Å². The van der Waals surface area contributed by atoms with E-state index >= 15 is 0 Å². The molecule has 1 aromatic heterocycles. The molecule has 2 aliphatic rings. The molecule has 144 valence electrons. The van der Waals surface area contributed by atoms with E-state index < -0.39 is 11.6 Å². The Morgan fingerprint density at radius 1 is 1.04 bits per heavy atom. The van der Waals surface area contributed by atoms with Crippen molar-refractivity contribution in [3.63, 3.8) is 0 Å². The van der Waals surface area contributed by atoms with Crippen molar-refractivity contribution in [2.24, 2.45) is 0 Å². The highest BCUT2D eigenvalue weighted by Gasteiger charge is 2.42. The first kappa shape index (κ1) is 17.9. The van der Waals surface area contributed by atoms with Crippen LogP contribution in [0.25, 0.3) is 0 Å². The van der Waals surface area contributed by atoms with Gasteiger partial charge in [-0.1, -0.05) is 56.7 Å². The van der Waals surface area contributed by atoms with E-state index in [0.29, 0.717) is 11.8 Å². The summed E-state index contributed by atoms with van der Waals surface area (Å²) in [4.78, 5) is 12.7. The monoisotopic (exact) mass is 369 g/mol. The van der Waals surface area contributed by atoms with Crippen LogP contribution in [0.5, 0.6) is 5.75 Å². The molecular weight excluding hydrogens is 342 g/mol. The number of carbonyl (C=O) groups excluding carboxylic acids is 1. The first-order valence-electron chi connectivity index (χ1n) is 10.1. The third-order valence-electron chi connectivity index (χ3n) is 5.84. The van der Waals surface area contributed by atoms with Crippen LogP contribution in [0.1, 0.15) is 76.1 Å². The molecule has 0 radical (unpaired) electrons. The van der Waals surface area contributed by atoms with Gasteiger partial charge in [-0.2, -0.15) is 0 Å². The van der Waals surface area contributed by atoms with Crippen LogP contribution in [0.15, 0.2) is 30.3 Å². The smallest absolute Gasteiger partial charge is 0.410 e. The fraction of sp³-hybridized carbons (Fsp3) is 0.600. The number of nitrogens with one attached hydrogen (secondary N) is 1. The lowest BCUT2D eigenvalue weighted by Gasteiger charge is -2.37. The maximum Gasteiger partial charge on any atom is 0.413 e. The van der Waals surface area contributed by atoms with Gasteiger partial charge in [0.05, 0.1) is 6.04 Å². The molecule has 1 aromatic carbocycles. The van der Waals surface area contributed by atoms with Gasteiger partial charge in [0.25, 0.3) is 0 Å². The Balaban J connectivity index is 1.57. The van der Waals surface area contributed by atoms with Crippen molar-refractivity contribution in [2.75, 3.05) is 0 Å². The molecule has 1 N–H and O–H groups in total. The van der Waals surface area contributed by atoms with Crippen LogP contribution in [0.4, 0.5) is 4.79 Å². The predicted octanol–water partition coefficient (Wildman–Crippen LogP) is 4.13. The lowest BCUT2D eigenvalue weighted by atomic mass is 9.80. The summed E-state index contributed by atoms with van der Waals surface area (Å²) in [6.45, 7) is 0. The minimum atomic E-state index is -0.551. The molecule has 1 amide bonds. The van der Waals surface area contributed by atoms with Crippen molar-refractivity contribution in [3.8, 4) is 5.75 Å². The molecule has 2 saturated carbocycles. The topological polar surface area (TPSA) is 81.9 Å². The van der Waals surface area contributed by atoms with E-state index in [4.69, 9.17) is 4.74 Å². The highest BCUT2D eigenvalue weighted by molar-refractivity contribution is 5.71. The number of ether oxygens (including phenoxy) is 1. The Kier molecular flexibility index (Phi) is 5.36. The molecule has 7 nitrogen and oxygen atoms in total. The second kappa shape index (κ2) is 8.06. The minimum Gasteiger partial charge on any atom is -0.410 e. The maximum absolute atomic E-state index is 12.7. The summed E-state index contributed by atoms with van der Waals surface area (Å²) in [5, 5.41) is 15.8. The molecule has 2 aliphatic carbocycles. The summed E-state index contributed by atoms with van der Waals surface area (Å²) in [7, 11) is 0. The standard InChI is InChI=1S/C20H27N5O2/c26-19(27-17-12-6-2-7-13-17)21-20(14-8-3-9-15-20)18-22-23-24-25(18)16-10-4-1-5-11-16/h2,6-7,12-13,16H,1,3-5,8-11,14-15H2,(H,21,26). The first-order valence-corrected chi connectivity index (χ1v) is 10.1. The molecule has 2 fully saturated rings. The number of benzene rings is 1. The number of carbonyl (C=O) groups is 1. The molecule has 0 saturated heterocycles. The molecule has 1 heterocycles. The average Bonchev–Trinajstić information content (AvgIpc) is 3.21. The van der Waals surface area contributed by atoms with Crippen molar-refractivity contribution in [3.05, 3.63) is 36.2 Å². The number of rotatable bonds is 4. The van der Waals surface area contributed by atoms with Gasteiger partial charge in [0.15, 0.2) is 5.82 Å². The Morgan fingerprint density at radius 2 is 1.74 bits per heavy atom. The zero-order valence-corrected chi connectivity index (χ0v) is 15.6. The van der Waals surface area contributed by atoms with E-state index in [2.05, 4.69) is 20.8 Å². The van der Waals surface area contributed by atoms with Crippen molar-refractivity contribution in [2.45, 2.75) is 75.8 Å². The van der Waals surface area contributed by atoms with Crippen LogP contribution in [-0.2, 0) is 5.54 Å². The predicted molar refractivity (Wildman–Crippen MR) is 100 cm³/mol. The average molecular weight is 369 g/mol.